The van der Waals surface area contributed by atoms with Crippen LogP contribution in [0.3, 0.4) is 0 Å². The smallest absolute Gasteiger partial charge is 0.252 e. The van der Waals surface area contributed by atoms with E-state index in [-0.39, 0.29) is 11.9 Å². The number of nitrogens with one attached hydrogen (secondary N) is 1. The number of hydrogen-bond acceptors (Lipinski definition) is 1. The fourth-order valence-electron chi connectivity index (χ4n) is 2.76. The minimum atomic E-state index is -0.0208. The standard InChI is InChI=1S/C17H15Br2NO/c18-13-6-8-16(19)15(10-13)17(21)20-14-7-5-11-3-1-2-4-12(11)9-14/h1-4,6,8,10,14H,5,7,9H2,(H,20,21). The number of amides is 1. The van der Waals surface area contributed by atoms with E-state index in [1.807, 2.05) is 18.2 Å². The quantitative estimate of drug-likeness (QED) is 0.778. The van der Waals surface area contributed by atoms with Crippen molar-refractivity contribution in [3.8, 4) is 0 Å². The molecule has 0 radical (unpaired) electrons. The second kappa shape index (κ2) is 6.32. The molecule has 0 fully saturated rings. The normalized spacial score (nSPS) is 17.1. The van der Waals surface area contributed by atoms with Crippen LogP contribution in [0.25, 0.3) is 0 Å². The van der Waals surface area contributed by atoms with Gasteiger partial charge in [-0.15, -0.1) is 0 Å². The van der Waals surface area contributed by atoms with Crippen LogP contribution in [0.15, 0.2) is 51.4 Å². The molecule has 4 heteroatoms. The molecule has 3 rings (SSSR count). The highest BCUT2D eigenvalue weighted by molar-refractivity contribution is 9.11. The molecule has 0 aromatic heterocycles. The maximum Gasteiger partial charge on any atom is 0.252 e. The zero-order chi connectivity index (χ0) is 14.8. The second-order valence-electron chi connectivity index (χ2n) is 5.31. The molecule has 0 spiro atoms. The zero-order valence-corrected chi connectivity index (χ0v) is 14.6. The second-order valence-corrected chi connectivity index (χ2v) is 7.08. The van der Waals surface area contributed by atoms with Crippen molar-refractivity contribution in [3.05, 3.63) is 68.1 Å². The van der Waals surface area contributed by atoms with Gasteiger partial charge in [0.15, 0.2) is 0 Å². The lowest BCUT2D eigenvalue weighted by Gasteiger charge is -2.25. The molecule has 1 aliphatic rings. The van der Waals surface area contributed by atoms with E-state index in [9.17, 15) is 4.79 Å². The summed E-state index contributed by atoms with van der Waals surface area (Å²) in [6.07, 6.45) is 2.93. The van der Waals surface area contributed by atoms with Crippen LogP contribution in [0.4, 0.5) is 0 Å². The Hall–Kier alpha value is -1.13. The van der Waals surface area contributed by atoms with Crippen molar-refractivity contribution in [1.82, 2.24) is 5.32 Å². The summed E-state index contributed by atoms with van der Waals surface area (Å²) in [5, 5.41) is 3.15. The molecule has 0 aliphatic heterocycles. The van der Waals surface area contributed by atoms with E-state index in [1.54, 1.807) is 0 Å². The van der Waals surface area contributed by atoms with Gasteiger partial charge < -0.3 is 5.32 Å². The molecule has 2 aromatic rings. The van der Waals surface area contributed by atoms with Gasteiger partial charge in [0.25, 0.3) is 5.91 Å². The lowest BCUT2D eigenvalue weighted by molar-refractivity contribution is 0.0933. The van der Waals surface area contributed by atoms with E-state index in [0.29, 0.717) is 5.56 Å². The summed E-state index contributed by atoms with van der Waals surface area (Å²) in [5.74, 6) is -0.0208. The van der Waals surface area contributed by atoms with Gasteiger partial charge in [-0.25, -0.2) is 0 Å². The number of carbonyl (C=O) groups is 1. The van der Waals surface area contributed by atoms with Crippen LogP contribution in [-0.4, -0.2) is 11.9 Å². The molecule has 0 heterocycles. The average Bonchev–Trinajstić information content (AvgIpc) is 2.49. The van der Waals surface area contributed by atoms with Crippen LogP contribution in [-0.2, 0) is 12.8 Å². The minimum absolute atomic E-state index is 0.0208. The average molecular weight is 409 g/mol. The first-order chi connectivity index (χ1) is 10.1. The van der Waals surface area contributed by atoms with Crippen molar-refractivity contribution in [2.75, 3.05) is 0 Å². The third kappa shape index (κ3) is 3.38. The number of benzene rings is 2. The van der Waals surface area contributed by atoms with Gasteiger partial charge in [-0.3, -0.25) is 4.79 Å². The lowest BCUT2D eigenvalue weighted by atomic mass is 9.88. The summed E-state index contributed by atoms with van der Waals surface area (Å²) < 4.78 is 1.73. The maximum absolute atomic E-state index is 12.4. The monoisotopic (exact) mass is 407 g/mol. The van der Waals surface area contributed by atoms with Crippen LogP contribution in [0.2, 0.25) is 0 Å². The van der Waals surface area contributed by atoms with Crippen LogP contribution in [0, 0.1) is 0 Å². The van der Waals surface area contributed by atoms with Crippen molar-refractivity contribution in [3.63, 3.8) is 0 Å². The fraction of sp³-hybridized carbons (Fsp3) is 0.235. The van der Waals surface area contributed by atoms with Gasteiger partial charge in [-0.1, -0.05) is 40.2 Å². The van der Waals surface area contributed by atoms with Crippen LogP contribution >= 0.6 is 31.9 Å². The number of rotatable bonds is 2. The molecule has 1 amide bonds. The number of carbonyl (C=O) groups excluding carboxylic acids is 1. The number of aryl methyl sites for hydroxylation is 1. The molecule has 0 saturated carbocycles. The van der Waals surface area contributed by atoms with Gasteiger partial charge in [-0.05, 0) is 64.5 Å². The topological polar surface area (TPSA) is 29.1 Å². The summed E-state index contributed by atoms with van der Waals surface area (Å²) in [6.45, 7) is 0. The van der Waals surface area contributed by atoms with E-state index in [2.05, 4.69) is 61.4 Å². The third-order valence-corrected chi connectivity index (χ3v) is 5.04. The van der Waals surface area contributed by atoms with Crippen molar-refractivity contribution < 1.29 is 4.79 Å². The van der Waals surface area contributed by atoms with E-state index in [0.717, 1.165) is 28.2 Å². The molecule has 108 valence electrons. The number of hydrogen-bond donors (Lipinski definition) is 1. The highest BCUT2D eigenvalue weighted by Gasteiger charge is 2.21. The van der Waals surface area contributed by atoms with Gasteiger partial charge in [0.05, 0.1) is 5.56 Å². The van der Waals surface area contributed by atoms with E-state index in [4.69, 9.17) is 0 Å². The summed E-state index contributed by atoms with van der Waals surface area (Å²) in [7, 11) is 0. The summed E-state index contributed by atoms with van der Waals surface area (Å²) in [4.78, 5) is 12.4. The maximum atomic E-state index is 12.4. The molecule has 1 unspecified atom stereocenters. The van der Waals surface area contributed by atoms with E-state index < -0.39 is 0 Å². The SMILES string of the molecule is O=C(NC1CCc2ccccc2C1)c1cc(Br)ccc1Br. The molecule has 2 nitrogen and oxygen atoms in total. The Balaban J connectivity index is 1.73. The summed E-state index contributed by atoms with van der Waals surface area (Å²) in [6, 6.07) is 14.3. The largest absolute Gasteiger partial charge is 0.349 e. The highest BCUT2D eigenvalue weighted by atomic mass is 79.9. The Kier molecular flexibility index (Phi) is 4.45. The van der Waals surface area contributed by atoms with Gasteiger partial charge in [0.2, 0.25) is 0 Å². The zero-order valence-electron chi connectivity index (χ0n) is 11.4. The number of fused-ring (bicyclic) bond motifs is 1. The van der Waals surface area contributed by atoms with E-state index in [1.165, 1.54) is 11.1 Å². The third-order valence-electron chi connectivity index (χ3n) is 3.86. The predicted molar refractivity (Wildman–Crippen MR) is 91.6 cm³/mol. The Morgan fingerprint density at radius 1 is 1.10 bits per heavy atom. The van der Waals surface area contributed by atoms with E-state index >= 15 is 0 Å². The molecule has 1 atom stereocenters. The van der Waals surface area contributed by atoms with Crippen molar-refractivity contribution >= 4 is 37.8 Å². The van der Waals surface area contributed by atoms with Crippen LogP contribution in [0.1, 0.15) is 27.9 Å². The van der Waals surface area contributed by atoms with Gasteiger partial charge in [0.1, 0.15) is 0 Å². The van der Waals surface area contributed by atoms with Crippen LogP contribution < -0.4 is 5.32 Å². The molecule has 21 heavy (non-hydrogen) atoms. The predicted octanol–water partition coefficient (Wildman–Crippen LogP) is 4.50. The minimum Gasteiger partial charge on any atom is -0.349 e. The number of halogens is 2. The molecular weight excluding hydrogens is 394 g/mol. The van der Waals surface area contributed by atoms with Gasteiger partial charge in [-0.2, -0.15) is 0 Å². The Morgan fingerprint density at radius 3 is 2.67 bits per heavy atom. The van der Waals surface area contributed by atoms with Crippen molar-refractivity contribution in [2.45, 2.75) is 25.3 Å². The van der Waals surface area contributed by atoms with Crippen molar-refractivity contribution in [2.24, 2.45) is 0 Å². The summed E-state index contributed by atoms with van der Waals surface area (Å²) >= 11 is 6.85. The molecule has 0 bridgehead atoms. The first-order valence-corrected chi connectivity index (χ1v) is 8.55. The summed E-state index contributed by atoms with van der Waals surface area (Å²) in [5.41, 5.74) is 3.43. The molecular formula is C17H15Br2NO. The molecule has 0 saturated heterocycles. The molecule has 1 aliphatic carbocycles. The Bertz CT molecular complexity index is 684. The molecule has 1 N–H and O–H groups in total. The first kappa shape index (κ1) is 14.8. The lowest BCUT2D eigenvalue weighted by Crippen LogP contribution is -2.39. The van der Waals surface area contributed by atoms with Crippen LogP contribution in [0.5, 0.6) is 0 Å². The Labute approximate surface area is 141 Å². The fourth-order valence-corrected chi connectivity index (χ4v) is 3.54. The Morgan fingerprint density at radius 2 is 1.86 bits per heavy atom. The van der Waals surface area contributed by atoms with Crippen molar-refractivity contribution in [1.29, 1.82) is 0 Å². The van der Waals surface area contributed by atoms with Gasteiger partial charge in [0, 0.05) is 15.0 Å². The highest BCUT2D eigenvalue weighted by Crippen LogP contribution is 2.24. The van der Waals surface area contributed by atoms with Gasteiger partial charge >= 0.3 is 0 Å². The molecule has 2 aromatic carbocycles. The first-order valence-electron chi connectivity index (χ1n) is 6.96.